The topological polar surface area (TPSA) is 90.0 Å². The lowest BCUT2D eigenvalue weighted by Gasteiger charge is -2.09. The van der Waals surface area contributed by atoms with E-state index in [4.69, 9.17) is 11.6 Å². The summed E-state index contributed by atoms with van der Waals surface area (Å²) in [5.41, 5.74) is 4.96. The number of rotatable bonds is 4. The van der Waals surface area contributed by atoms with Crippen molar-refractivity contribution in [1.29, 1.82) is 0 Å². The number of aromatic nitrogens is 4. The molecule has 5 rings (SSSR count). The molecule has 0 unspecified atom stereocenters. The first-order valence-electron chi connectivity index (χ1n) is 10.5. The van der Waals surface area contributed by atoms with Gasteiger partial charge in [0.15, 0.2) is 0 Å². The van der Waals surface area contributed by atoms with E-state index in [1.165, 1.54) is 16.8 Å². The van der Waals surface area contributed by atoms with Crippen molar-refractivity contribution in [2.24, 2.45) is 7.05 Å². The predicted molar refractivity (Wildman–Crippen MR) is 130 cm³/mol. The van der Waals surface area contributed by atoms with Crippen molar-refractivity contribution in [2.45, 2.75) is 6.92 Å². The highest BCUT2D eigenvalue weighted by molar-refractivity contribution is 6.34. The SMILES string of the molecule is Cc1cccc(Cl)c1C(=O)n1nc(-c2ccc(C(=O)O)cc2)c2ccc(-c3ccnn3C)cc21. The summed E-state index contributed by atoms with van der Waals surface area (Å²) in [6.07, 6.45) is 1.71. The third-order valence-corrected chi connectivity index (χ3v) is 6.15. The summed E-state index contributed by atoms with van der Waals surface area (Å²) in [6, 6.07) is 19.4. The van der Waals surface area contributed by atoms with Crippen LogP contribution in [0.1, 0.15) is 26.3 Å². The van der Waals surface area contributed by atoms with Crippen molar-refractivity contribution in [3.63, 3.8) is 0 Å². The van der Waals surface area contributed by atoms with Crippen LogP contribution in [0.4, 0.5) is 0 Å². The summed E-state index contributed by atoms with van der Waals surface area (Å²) < 4.78 is 3.12. The van der Waals surface area contributed by atoms with E-state index in [9.17, 15) is 14.7 Å². The summed E-state index contributed by atoms with van der Waals surface area (Å²) in [7, 11) is 1.85. The highest BCUT2D eigenvalue weighted by Crippen LogP contribution is 2.33. The summed E-state index contributed by atoms with van der Waals surface area (Å²) in [4.78, 5) is 24.9. The van der Waals surface area contributed by atoms with E-state index < -0.39 is 5.97 Å². The average molecular weight is 471 g/mol. The van der Waals surface area contributed by atoms with Gasteiger partial charge in [0.1, 0.15) is 5.69 Å². The largest absolute Gasteiger partial charge is 0.478 e. The molecular formula is C26H19ClN4O3. The third-order valence-electron chi connectivity index (χ3n) is 5.83. The number of aromatic carboxylic acids is 1. The van der Waals surface area contributed by atoms with Gasteiger partial charge in [-0.3, -0.25) is 9.48 Å². The number of nitrogens with zero attached hydrogens (tertiary/aromatic N) is 4. The van der Waals surface area contributed by atoms with E-state index in [1.807, 2.05) is 44.3 Å². The molecule has 0 spiro atoms. The van der Waals surface area contributed by atoms with Gasteiger partial charge in [-0.05, 0) is 48.9 Å². The molecule has 1 N–H and O–H groups in total. The van der Waals surface area contributed by atoms with Crippen LogP contribution in [-0.2, 0) is 7.05 Å². The minimum atomic E-state index is -1.01. The predicted octanol–water partition coefficient (Wildman–Crippen LogP) is 5.45. The zero-order chi connectivity index (χ0) is 24.0. The van der Waals surface area contributed by atoms with Crippen LogP contribution in [0.5, 0.6) is 0 Å². The van der Waals surface area contributed by atoms with Crippen LogP contribution in [0.25, 0.3) is 33.4 Å². The minimum absolute atomic E-state index is 0.175. The van der Waals surface area contributed by atoms with Crippen LogP contribution < -0.4 is 0 Å². The maximum absolute atomic E-state index is 13.7. The number of hydrogen-bond acceptors (Lipinski definition) is 4. The summed E-state index contributed by atoms with van der Waals surface area (Å²) in [6.45, 7) is 1.83. The molecule has 0 aliphatic heterocycles. The van der Waals surface area contributed by atoms with Crippen LogP contribution >= 0.6 is 11.6 Å². The molecule has 0 aliphatic carbocycles. The van der Waals surface area contributed by atoms with Crippen molar-refractivity contribution in [2.75, 3.05) is 0 Å². The average Bonchev–Trinajstić information content (AvgIpc) is 3.42. The van der Waals surface area contributed by atoms with Gasteiger partial charge < -0.3 is 5.11 Å². The minimum Gasteiger partial charge on any atom is -0.478 e. The molecule has 0 atom stereocenters. The van der Waals surface area contributed by atoms with Crippen molar-refractivity contribution in [3.8, 4) is 22.5 Å². The molecule has 0 bridgehead atoms. The molecule has 2 aromatic heterocycles. The first-order chi connectivity index (χ1) is 16.3. The second-order valence-corrected chi connectivity index (χ2v) is 8.36. The lowest BCUT2D eigenvalue weighted by Crippen LogP contribution is -2.15. The summed E-state index contributed by atoms with van der Waals surface area (Å²) >= 11 is 6.40. The number of carbonyl (C=O) groups excluding carboxylic acids is 1. The van der Waals surface area contributed by atoms with Crippen LogP contribution in [0.3, 0.4) is 0 Å². The monoisotopic (exact) mass is 470 g/mol. The zero-order valence-corrected chi connectivity index (χ0v) is 19.1. The fourth-order valence-electron chi connectivity index (χ4n) is 4.08. The smallest absolute Gasteiger partial charge is 0.335 e. The molecule has 0 amide bonds. The lowest BCUT2D eigenvalue weighted by atomic mass is 10.0. The standard InChI is InChI=1S/C26H19ClN4O3/c1-15-4-3-5-20(27)23(15)25(32)31-22-14-18(21-12-13-28-30(21)2)10-11-19(22)24(29-31)16-6-8-17(9-7-16)26(33)34/h3-14H,1-2H3,(H,33,34). The number of carboxylic acid groups (broad SMARTS) is 1. The Morgan fingerprint density at radius 1 is 0.971 bits per heavy atom. The van der Waals surface area contributed by atoms with Gasteiger partial charge in [0, 0.05) is 29.8 Å². The van der Waals surface area contributed by atoms with Crippen LogP contribution in [0.2, 0.25) is 5.02 Å². The molecule has 0 radical (unpaired) electrons. The Morgan fingerprint density at radius 2 is 1.71 bits per heavy atom. The Kier molecular flexibility index (Phi) is 5.26. The number of halogens is 1. The van der Waals surface area contributed by atoms with Gasteiger partial charge in [-0.2, -0.15) is 14.9 Å². The van der Waals surface area contributed by atoms with E-state index in [0.717, 1.165) is 22.2 Å². The van der Waals surface area contributed by atoms with Crippen molar-refractivity contribution in [1.82, 2.24) is 19.6 Å². The normalized spacial score (nSPS) is 11.1. The van der Waals surface area contributed by atoms with Crippen LogP contribution in [-0.4, -0.2) is 36.5 Å². The van der Waals surface area contributed by atoms with Crippen LogP contribution in [0, 0.1) is 6.92 Å². The maximum atomic E-state index is 13.7. The highest BCUT2D eigenvalue weighted by Gasteiger charge is 2.22. The third kappa shape index (κ3) is 3.56. The van der Waals surface area contributed by atoms with E-state index in [-0.39, 0.29) is 11.5 Å². The summed E-state index contributed by atoms with van der Waals surface area (Å²) in [5.74, 6) is -1.35. The Labute approximate surface area is 199 Å². The van der Waals surface area contributed by atoms with E-state index >= 15 is 0 Å². The second kappa shape index (κ2) is 8.28. The number of carboxylic acids is 1. The molecule has 168 valence electrons. The number of benzene rings is 3. The zero-order valence-electron chi connectivity index (χ0n) is 18.4. The van der Waals surface area contributed by atoms with Gasteiger partial charge in [0.25, 0.3) is 5.91 Å². The fraction of sp³-hybridized carbons (Fsp3) is 0.0769. The van der Waals surface area contributed by atoms with E-state index in [1.54, 1.807) is 35.1 Å². The number of aryl methyl sites for hydroxylation is 2. The molecule has 0 aliphatic rings. The van der Waals surface area contributed by atoms with E-state index in [2.05, 4.69) is 10.2 Å². The molecule has 0 saturated heterocycles. The molecule has 8 heteroatoms. The van der Waals surface area contributed by atoms with Gasteiger partial charge in [-0.1, -0.05) is 41.9 Å². The Morgan fingerprint density at radius 3 is 2.35 bits per heavy atom. The lowest BCUT2D eigenvalue weighted by molar-refractivity contribution is 0.0696. The van der Waals surface area contributed by atoms with E-state index in [0.29, 0.717) is 27.4 Å². The van der Waals surface area contributed by atoms with Gasteiger partial charge in [0.05, 0.1) is 27.4 Å². The van der Waals surface area contributed by atoms with Gasteiger partial charge >= 0.3 is 5.97 Å². The first kappa shape index (κ1) is 21.6. The Balaban J connectivity index is 1.75. The molecule has 3 aromatic carbocycles. The molecule has 34 heavy (non-hydrogen) atoms. The van der Waals surface area contributed by atoms with Gasteiger partial charge in [-0.15, -0.1) is 0 Å². The Bertz CT molecular complexity index is 1560. The van der Waals surface area contributed by atoms with Gasteiger partial charge in [0.2, 0.25) is 0 Å². The van der Waals surface area contributed by atoms with Crippen molar-refractivity contribution < 1.29 is 14.7 Å². The summed E-state index contributed by atoms with van der Waals surface area (Å²) in [5, 5.41) is 19.3. The number of fused-ring (bicyclic) bond motifs is 1. The maximum Gasteiger partial charge on any atom is 0.335 e. The number of hydrogen-bond donors (Lipinski definition) is 1. The van der Waals surface area contributed by atoms with Crippen LogP contribution in [0.15, 0.2) is 72.9 Å². The molecule has 2 heterocycles. The molecule has 0 saturated carbocycles. The fourth-order valence-corrected chi connectivity index (χ4v) is 4.38. The van der Waals surface area contributed by atoms with Crippen molar-refractivity contribution in [3.05, 3.63) is 94.6 Å². The number of carbonyl (C=O) groups is 2. The molecule has 0 fully saturated rings. The highest BCUT2D eigenvalue weighted by atomic mass is 35.5. The van der Waals surface area contributed by atoms with Crippen molar-refractivity contribution >= 4 is 34.4 Å². The molecule has 7 nitrogen and oxygen atoms in total. The quantitative estimate of drug-likeness (QED) is 0.377. The van der Waals surface area contributed by atoms with Gasteiger partial charge in [-0.25, -0.2) is 4.79 Å². The Hall–Kier alpha value is -4.23. The molecule has 5 aromatic rings. The second-order valence-electron chi connectivity index (χ2n) is 7.95. The first-order valence-corrected chi connectivity index (χ1v) is 10.9. The molecular weight excluding hydrogens is 452 g/mol.